The highest BCUT2D eigenvalue weighted by molar-refractivity contribution is 7.89. The Balaban J connectivity index is 2.03. The molecular weight excluding hydrogens is 428 g/mol. The highest BCUT2D eigenvalue weighted by Crippen LogP contribution is 2.24. The lowest BCUT2D eigenvalue weighted by atomic mass is 10.1. The summed E-state index contributed by atoms with van der Waals surface area (Å²) in [6.07, 6.45) is 2.67. The number of hydrogen-bond acceptors (Lipinski definition) is 6. The van der Waals surface area contributed by atoms with Crippen LogP contribution < -0.4 is 19.8 Å². The van der Waals surface area contributed by atoms with Gasteiger partial charge in [0.25, 0.3) is 0 Å². The third-order valence-electron chi connectivity index (χ3n) is 4.34. The molecule has 8 nitrogen and oxygen atoms in total. The summed E-state index contributed by atoms with van der Waals surface area (Å²) in [6.45, 7) is 4.34. The molecule has 0 amide bonds. The molecular formula is C20H28N2O6S2. The molecule has 166 valence electrons. The van der Waals surface area contributed by atoms with Crippen LogP contribution in [0.1, 0.15) is 37.8 Å². The third kappa shape index (κ3) is 6.69. The molecule has 4 N–H and O–H groups in total. The number of rotatable bonds is 11. The second-order valence-electron chi connectivity index (χ2n) is 6.83. The van der Waals surface area contributed by atoms with E-state index in [-0.39, 0.29) is 23.0 Å². The Morgan fingerprint density at radius 1 is 0.700 bits per heavy atom. The van der Waals surface area contributed by atoms with E-state index >= 15 is 0 Å². The van der Waals surface area contributed by atoms with Gasteiger partial charge in [0, 0.05) is 0 Å². The fourth-order valence-electron chi connectivity index (χ4n) is 3.09. The van der Waals surface area contributed by atoms with Gasteiger partial charge < -0.3 is 9.47 Å². The Bertz CT molecular complexity index is 995. The summed E-state index contributed by atoms with van der Waals surface area (Å²) in [4.78, 5) is 0.206. The summed E-state index contributed by atoms with van der Waals surface area (Å²) in [5, 5.41) is 10.5. The van der Waals surface area contributed by atoms with E-state index in [1.54, 1.807) is 24.3 Å². The van der Waals surface area contributed by atoms with Crippen LogP contribution in [0.3, 0.4) is 0 Å². The van der Waals surface area contributed by atoms with Gasteiger partial charge in [-0.05, 0) is 60.4 Å². The van der Waals surface area contributed by atoms with Gasteiger partial charge in [-0.1, -0.05) is 26.7 Å². The molecule has 0 fully saturated rings. The summed E-state index contributed by atoms with van der Waals surface area (Å²) < 4.78 is 58.1. The van der Waals surface area contributed by atoms with E-state index < -0.39 is 20.0 Å². The standard InChI is InChI=1S/C20H28N2O6S2/c1-3-5-15-13-17(7-9-19(15)29(21,23)24)27-11-12-28-18-8-10-20(30(22,25)26)16(14-18)6-4-2/h7-10,13-14H,3-6,11-12H2,1-2H3,(H2,21,23,24)(H2,22,25,26). The second kappa shape index (κ2) is 10.3. The van der Waals surface area contributed by atoms with Gasteiger partial charge in [0.15, 0.2) is 0 Å². The van der Waals surface area contributed by atoms with Crippen molar-refractivity contribution >= 4 is 20.0 Å². The van der Waals surface area contributed by atoms with Crippen LogP contribution in [0.15, 0.2) is 46.2 Å². The van der Waals surface area contributed by atoms with E-state index in [9.17, 15) is 16.8 Å². The van der Waals surface area contributed by atoms with Crippen LogP contribution in [-0.2, 0) is 32.9 Å². The number of aryl methyl sites for hydroxylation is 2. The van der Waals surface area contributed by atoms with E-state index in [0.717, 1.165) is 12.8 Å². The molecule has 2 rings (SSSR count). The van der Waals surface area contributed by atoms with Crippen LogP contribution in [0.5, 0.6) is 11.5 Å². The molecule has 10 heteroatoms. The van der Waals surface area contributed by atoms with Crippen molar-refractivity contribution in [2.75, 3.05) is 13.2 Å². The number of sulfonamides is 2. The van der Waals surface area contributed by atoms with E-state index in [2.05, 4.69) is 0 Å². The second-order valence-corrected chi connectivity index (χ2v) is 9.89. The molecule has 0 atom stereocenters. The Hall–Kier alpha value is -2.14. The van der Waals surface area contributed by atoms with E-state index in [4.69, 9.17) is 19.8 Å². The lowest BCUT2D eigenvalue weighted by Crippen LogP contribution is -2.15. The van der Waals surface area contributed by atoms with E-state index in [1.807, 2.05) is 13.8 Å². The molecule has 0 aromatic heterocycles. The van der Waals surface area contributed by atoms with Crippen molar-refractivity contribution in [3.05, 3.63) is 47.5 Å². The number of ether oxygens (including phenoxy) is 2. The van der Waals surface area contributed by atoms with Crippen molar-refractivity contribution in [2.45, 2.75) is 49.3 Å². The Kier molecular flexibility index (Phi) is 8.25. The van der Waals surface area contributed by atoms with Crippen LogP contribution in [0.2, 0.25) is 0 Å². The summed E-state index contributed by atoms with van der Waals surface area (Å²) in [5.74, 6) is 1.04. The molecule has 0 aliphatic heterocycles. The SMILES string of the molecule is CCCc1cc(OCCOc2ccc(S(N)(=O)=O)c(CCC)c2)ccc1S(N)(=O)=O. The van der Waals surface area contributed by atoms with E-state index in [1.165, 1.54) is 12.1 Å². The van der Waals surface area contributed by atoms with Crippen LogP contribution in [0.4, 0.5) is 0 Å². The van der Waals surface area contributed by atoms with Gasteiger partial charge in [0.2, 0.25) is 20.0 Å². The average Bonchev–Trinajstić information content (AvgIpc) is 2.64. The first-order valence-corrected chi connectivity index (χ1v) is 12.7. The maximum atomic E-state index is 11.7. The quantitative estimate of drug-likeness (QED) is 0.498. The number of benzene rings is 2. The van der Waals surface area contributed by atoms with Gasteiger partial charge in [-0.2, -0.15) is 0 Å². The highest BCUT2D eigenvalue weighted by atomic mass is 32.2. The zero-order chi connectivity index (χ0) is 22.4. The first-order chi connectivity index (χ1) is 14.1. The lowest BCUT2D eigenvalue weighted by Gasteiger charge is -2.13. The van der Waals surface area contributed by atoms with Crippen molar-refractivity contribution < 1.29 is 26.3 Å². The summed E-state index contributed by atoms with van der Waals surface area (Å²) in [6, 6.07) is 9.34. The molecule has 2 aromatic carbocycles. The van der Waals surface area contributed by atoms with Gasteiger partial charge >= 0.3 is 0 Å². The van der Waals surface area contributed by atoms with Crippen LogP contribution in [0, 0.1) is 0 Å². The molecule has 0 unspecified atom stereocenters. The number of nitrogens with two attached hydrogens (primary N) is 2. The molecule has 0 saturated carbocycles. The van der Waals surface area contributed by atoms with Crippen molar-refractivity contribution in [3.63, 3.8) is 0 Å². The summed E-state index contributed by atoms with van der Waals surface area (Å²) in [7, 11) is -7.58. The van der Waals surface area contributed by atoms with Crippen molar-refractivity contribution in [3.8, 4) is 11.5 Å². The van der Waals surface area contributed by atoms with Crippen molar-refractivity contribution in [2.24, 2.45) is 10.3 Å². The highest BCUT2D eigenvalue weighted by Gasteiger charge is 2.15. The topological polar surface area (TPSA) is 139 Å². The minimum Gasteiger partial charge on any atom is -0.490 e. The molecule has 0 aliphatic rings. The van der Waals surface area contributed by atoms with Gasteiger partial charge in [-0.15, -0.1) is 0 Å². The summed E-state index contributed by atoms with van der Waals surface area (Å²) in [5.41, 5.74) is 1.22. The lowest BCUT2D eigenvalue weighted by molar-refractivity contribution is 0.216. The Labute approximate surface area is 178 Å². The van der Waals surface area contributed by atoms with Gasteiger partial charge in [0.1, 0.15) is 24.7 Å². The first-order valence-electron chi connectivity index (χ1n) is 9.63. The molecule has 0 spiro atoms. The smallest absolute Gasteiger partial charge is 0.238 e. The fourth-order valence-corrected chi connectivity index (χ4v) is 4.66. The van der Waals surface area contributed by atoms with E-state index in [0.29, 0.717) is 35.5 Å². The minimum absolute atomic E-state index is 0.103. The normalized spacial score (nSPS) is 12.0. The van der Waals surface area contributed by atoms with Gasteiger partial charge in [-0.25, -0.2) is 27.1 Å². The van der Waals surface area contributed by atoms with Crippen LogP contribution in [-0.4, -0.2) is 30.0 Å². The van der Waals surface area contributed by atoms with Crippen LogP contribution >= 0.6 is 0 Å². The maximum absolute atomic E-state index is 11.7. The molecule has 0 radical (unpaired) electrons. The molecule has 0 saturated heterocycles. The number of primary sulfonamides is 2. The van der Waals surface area contributed by atoms with Crippen LogP contribution in [0.25, 0.3) is 0 Å². The average molecular weight is 457 g/mol. The van der Waals surface area contributed by atoms with Gasteiger partial charge in [-0.3, -0.25) is 0 Å². The van der Waals surface area contributed by atoms with Crippen molar-refractivity contribution in [1.29, 1.82) is 0 Å². The molecule has 30 heavy (non-hydrogen) atoms. The van der Waals surface area contributed by atoms with Crippen molar-refractivity contribution in [1.82, 2.24) is 0 Å². The first kappa shape index (κ1) is 24.1. The Morgan fingerprint density at radius 2 is 1.07 bits per heavy atom. The predicted molar refractivity (Wildman–Crippen MR) is 115 cm³/mol. The molecule has 0 heterocycles. The zero-order valence-corrected chi connectivity index (χ0v) is 18.8. The fraction of sp³-hybridized carbons (Fsp3) is 0.400. The maximum Gasteiger partial charge on any atom is 0.238 e. The van der Waals surface area contributed by atoms with Gasteiger partial charge in [0.05, 0.1) is 9.79 Å². The third-order valence-corrected chi connectivity index (χ3v) is 6.36. The zero-order valence-electron chi connectivity index (χ0n) is 17.1. The monoisotopic (exact) mass is 456 g/mol. The summed E-state index contributed by atoms with van der Waals surface area (Å²) >= 11 is 0. The minimum atomic E-state index is -3.79. The molecule has 2 aromatic rings. The number of hydrogen-bond donors (Lipinski definition) is 2. The molecule has 0 bridgehead atoms. The largest absolute Gasteiger partial charge is 0.490 e. The predicted octanol–water partition coefficient (Wildman–Crippen LogP) is 2.34. The Morgan fingerprint density at radius 3 is 1.37 bits per heavy atom. The molecule has 0 aliphatic carbocycles.